The van der Waals surface area contributed by atoms with Crippen LogP contribution in [0.15, 0.2) is 30.3 Å². The van der Waals surface area contributed by atoms with Gasteiger partial charge in [-0.1, -0.05) is 30.0 Å². The topological polar surface area (TPSA) is 29.5 Å². The third-order valence-corrected chi connectivity index (χ3v) is 3.41. The zero-order chi connectivity index (χ0) is 14.2. The van der Waals surface area contributed by atoms with Crippen molar-refractivity contribution in [1.29, 1.82) is 0 Å². The molecule has 0 N–H and O–H groups in total. The molecule has 1 fully saturated rings. The summed E-state index contributed by atoms with van der Waals surface area (Å²) in [6.07, 6.45) is 3.33. The van der Waals surface area contributed by atoms with Crippen LogP contribution in [0.3, 0.4) is 0 Å². The second-order valence-corrected chi connectivity index (χ2v) is 4.92. The van der Waals surface area contributed by atoms with Gasteiger partial charge in [-0.25, -0.2) is 0 Å². The van der Waals surface area contributed by atoms with E-state index in [1.54, 1.807) is 0 Å². The highest BCUT2D eigenvalue weighted by molar-refractivity contribution is 5.71. The first-order valence-electron chi connectivity index (χ1n) is 7.26. The van der Waals surface area contributed by atoms with E-state index in [0.29, 0.717) is 13.2 Å². The highest BCUT2D eigenvalue weighted by Gasteiger charge is 2.23. The minimum absolute atomic E-state index is 0.152. The predicted octanol–water partition coefficient (Wildman–Crippen LogP) is 2.46. The Morgan fingerprint density at radius 2 is 2.15 bits per heavy atom. The molecular weight excluding hydrogens is 250 g/mol. The number of carbonyl (C=O) groups is 1. The maximum atomic E-state index is 11.6. The SMILES string of the molecule is CCOC(=O)CN1CCCCC1C#Cc1ccccc1. The molecule has 1 aromatic carbocycles. The van der Waals surface area contributed by atoms with Crippen LogP contribution < -0.4 is 0 Å². The van der Waals surface area contributed by atoms with E-state index < -0.39 is 0 Å². The molecule has 1 aromatic rings. The first-order chi connectivity index (χ1) is 9.79. The molecule has 0 radical (unpaired) electrons. The highest BCUT2D eigenvalue weighted by atomic mass is 16.5. The van der Waals surface area contributed by atoms with Gasteiger partial charge in [-0.15, -0.1) is 0 Å². The van der Waals surface area contributed by atoms with E-state index >= 15 is 0 Å². The van der Waals surface area contributed by atoms with Crippen molar-refractivity contribution in [2.45, 2.75) is 32.2 Å². The molecule has 1 aliphatic heterocycles. The van der Waals surface area contributed by atoms with Crippen LogP contribution in [0, 0.1) is 11.8 Å². The molecule has 0 amide bonds. The molecule has 1 unspecified atom stereocenters. The van der Waals surface area contributed by atoms with Crippen LogP contribution in [-0.2, 0) is 9.53 Å². The van der Waals surface area contributed by atoms with Gasteiger partial charge in [0.05, 0.1) is 19.2 Å². The Labute approximate surface area is 120 Å². The average molecular weight is 271 g/mol. The Morgan fingerprint density at radius 3 is 2.90 bits per heavy atom. The summed E-state index contributed by atoms with van der Waals surface area (Å²) in [5.41, 5.74) is 1.02. The number of piperidine rings is 1. The van der Waals surface area contributed by atoms with Gasteiger partial charge in [0.2, 0.25) is 0 Å². The normalized spacial score (nSPS) is 18.9. The largest absolute Gasteiger partial charge is 0.465 e. The third kappa shape index (κ3) is 4.40. The number of ether oxygens (including phenoxy) is 1. The molecule has 1 atom stereocenters. The van der Waals surface area contributed by atoms with E-state index in [1.165, 1.54) is 6.42 Å². The Bertz CT molecular complexity index is 487. The van der Waals surface area contributed by atoms with Crippen LogP contribution in [0.5, 0.6) is 0 Å². The van der Waals surface area contributed by atoms with Crippen LogP contribution in [0.1, 0.15) is 31.7 Å². The lowest BCUT2D eigenvalue weighted by Gasteiger charge is -2.31. The van der Waals surface area contributed by atoms with Crippen molar-refractivity contribution < 1.29 is 9.53 Å². The molecule has 0 aliphatic carbocycles. The summed E-state index contributed by atoms with van der Waals surface area (Å²) >= 11 is 0. The number of rotatable bonds is 3. The van der Waals surface area contributed by atoms with Crippen molar-refractivity contribution in [1.82, 2.24) is 4.90 Å². The molecule has 20 heavy (non-hydrogen) atoms. The molecule has 2 rings (SSSR count). The lowest BCUT2D eigenvalue weighted by molar-refractivity contribution is -0.145. The Hall–Kier alpha value is -1.79. The molecular formula is C17H21NO2. The number of carbonyl (C=O) groups excluding carboxylic acids is 1. The van der Waals surface area contributed by atoms with Gasteiger partial charge in [0.1, 0.15) is 0 Å². The van der Waals surface area contributed by atoms with Crippen LogP contribution in [-0.4, -0.2) is 36.6 Å². The monoisotopic (exact) mass is 271 g/mol. The summed E-state index contributed by atoms with van der Waals surface area (Å²) in [5.74, 6) is 6.36. The molecule has 1 saturated heterocycles. The van der Waals surface area contributed by atoms with E-state index in [0.717, 1.165) is 24.9 Å². The van der Waals surface area contributed by atoms with Gasteiger partial charge in [-0.2, -0.15) is 0 Å². The Kier molecular flexibility index (Phi) is 5.64. The maximum Gasteiger partial charge on any atom is 0.320 e. The highest BCUT2D eigenvalue weighted by Crippen LogP contribution is 2.16. The predicted molar refractivity (Wildman–Crippen MR) is 79.2 cm³/mol. The van der Waals surface area contributed by atoms with Crippen molar-refractivity contribution in [2.24, 2.45) is 0 Å². The van der Waals surface area contributed by atoms with Crippen LogP contribution in [0.4, 0.5) is 0 Å². The fourth-order valence-corrected chi connectivity index (χ4v) is 2.40. The van der Waals surface area contributed by atoms with Gasteiger partial charge < -0.3 is 4.74 Å². The molecule has 1 aliphatic rings. The summed E-state index contributed by atoms with van der Waals surface area (Å²) < 4.78 is 5.03. The van der Waals surface area contributed by atoms with Gasteiger partial charge in [0.15, 0.2) is 0 Å². The maximum absolute atomic E-state index is 11.6. The zero-order valence-corrected chi connectivity index (χ0v) is 12.0. The van der Waals surface area contributed by atoms with Crippen molar-refractivity contribution in [3.05, 3.63) is 35.9 Å². The van der Waals surface area contributed by atoms with Gasteiger partial charge in [0.25, 0.3) is 0 Å². The number of nitrogens with zero attached hydrogens (tertiary/aromatic N) is 1. The summed E-state index contributed by atoms with van der Waals surface area (Å²) in [4.78, 5) is 13.8. The summed E-state index contributed by atoms with van der Waals surface area (Å²) in [5, 5.41) is 0. The first-order valence-corrected chi connectivity index (χ1v) is 7.26. The van der Waals surface area contributed by atoms with Gasteiger partial charge in [-0.3, -0.25) is 9.69 Å². The number of hydrogen-bond donors (Lipinski definition) is 0. The standard InChI is InChI=1S/C17H21NO2/c1-2-20-17(19)14-18-13-7-6-10-16(18)12-11-15-8-4-3-5-9-15/h3-5,8-9,16H,2,6-7,10,13-14H2,1H3. The van der Waals surface area contributed by atoms with E-state index in [2.05, 4.69) is 16.7 Å². The lowest BCUT2D eigenvalue weighted by atomic mass is 10.0. The number of hydrogen-bond acceptors (Lipinski definition) is 3. The fraction of sp³-hybridized carbons (Fsp3) is 0.471. The van der Waals surface area contributed by atoms with Crippen molar-refractivity contribution >= 4 is 5.97 Å². The molecule has 106 valence electrons. The fourth-order valence-electron chi connectivity index (χ4n) is 2.40. The van der Waals surface area contributed by atoms with Crippen molar-refractivity contribution in [3.8, 4) is 11.8 Å². The van der Waals surface area contributed by atoms with E-state index in [9.17, 15) is 4.79 Å². The molecule has 0 saturated carbocycles. The minimum atomic E-state index is -0.152. The Balaban J connectivity index is 2.00. The molecule has 0 spiro atoms. The number of benzene rings is 1. The molecule has 0 bridgehead atoms. The van der Waals surface area contributed by atoms with Gasteiger partial charge in [-0.05, 0) is 44.9 Å². The number of esters is 1. The quantitative estimate of drug-likeness (QED) is 0.625. The third-order valence-electron chi connectivity index (χ3n) is 3.41. The molecule has 3 nitrogen and oxygen atoms in total. The zero-order valence-electron chi connectivity index (χ0n) is 12.0. The second-order valence-electron chi connectivity index (χ2n) is 4.92. The Morgan fingerprint density at radius 1 is 1.35 bits per heavy atom. The summed E-state index contributed by atoms with van der Waals surface area (Å²) in [7, 11) is 0. The molecule has 3 heteroatoms. The lowest BCUT2D eigenvalue weighted by Crippen LogP contribution is -2.42. The van der Waals surface area contributed by atoms with E-state index in [4.69, 9.17) is 4.74 Å². The second kappa shape index (κ2) is 7.72. The van der Waals surface area contributed by atoms with Crippen LogP contribution in [0.25, 0.3) is 0 Å². The number of likely N-dealkylation sites (tertiary alicyclic amines) is 1. The minimum Gasteiger partial charge on any atom is -0.465 e. The molecule has 0 aromatic heterocycles. The van der Waals surface area contributed by atoms with Crippen LogP contribution >= 0.6 is 0 Å². The smallest absolute Gasteiger partial charge is 0.320 e. The van der Waals surface area contributed by atoms with Gasteiger partial charge in [0, 0.05) is 5.56 Å². The first kappa shape index (κ1) is 14.6. The van der Waals surface area contributed by atoms with Gasteiger partial charge >= 0.3 is 5.97 Å². The average Bonchev–Trinajstić information content (AvgIpc) is 2.48. The van der Waals surface area contributed by atoms with Crippen LogP contribution in [0.2, 0.25) is 0 Å². The molecule has 1 heterocycles. The summed E-state index contributed by atoms with van der Waals surface area (Å²) in [6, 6.07) is 10.1. The van der Waals surface area contributed by atoms with Crippen molar-refractivity contribution in [3.63, 3.8) is 0 Å². The van der Waals surface area contributed by atoms with E-state index in [-0.39, 0.29) is 12.0 Å². The van der Waals surface area contributed by atoms with Crippen molar-refractivity contribution in [2.75, 3.05) is 19.7 Å². The van der Waals surface area contributed by atoms with E-state index in [1.807, 2.05) is 37.3 Å². The summed E-state index contributed by atoms with van der Waals surface area (Å²) in [6.45, 7) is 3.54.